The zero-order chi connectivity index (χ0) is 26.6. The minimum Gasteiger partial charge on any atom is -0.490 e. The summed E-state index contributed by atoms with van der Waals surface area (Å²) >= 11 is 6.92. The Hall–Kier alpha value is -3.29. The van der Waals surface area contributed by atoms with Crippen molar-refractivity contribution >= 4 is 40.6 Å². The average Bonchev–Trinajstić information content (AvgIpc) is 3.11. The van der Waals surface area contributed by atoms with Crippen molar-refractivity contribution in [2.45, 2.75) is 32.7 Å². The number of benzene rings is 3. The minimum absolute atomic E-state index is 0.0344. The van der Waals surface area contributed by atoms with E-state index in [-0.39, 0.29) is 21.9 Å². The molecule has 0 atom stereocenters. The highest BCUT2D eigenvalue weighted by Gasteiger charge is 2.35. The van der Waals surface area contributed by atoms with Crippen LogP contribution >= 0.6 is 23.4 Å². The van der Waals surface area contributed by atoms with Gasteiger partial charge in [-0.2, -0.15) is 0 Å². The monoisotopic (exact) mass is 539 g/mol. The first-order chi connectivity index (χ1) is 17.6. The van der Waals surface area contributed by atoms with Crippen LogP contribution in [0.2, 0.25) is 5.02 Å². The van der Waals surface area contributed by atoms with Crippen LogP contribution < -0.4 is 9.47 Å². The molecule has 0 N–H and O–H groups in total. The first-order valence-corrected chi connectivity index (χ1v) is 13.0. The van der Waals surface area contributed by atoms with Gasteiger partial charge in [0.1, 0.15) is 30.5 Å². The number of carbonyl (C=O) groups is 2. The van der Waals surface area contributed by atoms with E-state index >= 15 is 0 Å². The summed E-state index contributed by atoms with van der Waals surface area (Å²) in [6.07, 6.45) is 1.64. The van der Waals surface area contributed by atoms with Crippen molar-refractivity contribution in [1.82, 2.24) is 4.90 Å². The molecule has 0 saturated carbocycles. The van der Waals surface area contributed by atoms with Gasteiger partial charge in [0.15, 0.2) is 0 Å². The Balaban J connectivity index is 1.38. The second-order valence-electron chi connectivity index (χ2n) is 9.51. The van der Waals surface area contributed by atoms with E-state index in [2.05, 4.69) is 32.9 Å². The van der Waals surface area contributed by atoms with E-state index in [0.717, 1.165) is 28.5 Å². The van der Waals surface area contributed by atoms with Gasteiger partial charge in [-0.15, -0.1) is 0 Å². The van der Waals surface area contributed by atoms with Gasteiger partial charge in [0.05, 0.1) is 11.4 Å². The maximum absolute atomic E-state index is 13.3. The Morgan fingerprint density at radius 2 is 1.68 bits per heavy atom. The summed E-state index contributed by atoms with van der Waals surface area (Å²) in [5.41, 5.74) is 2.47. The highest BCUT2D eigenvalue weighted by molar-refractivity contribution is 8.18. The van der Waals surface area contributed by atoms with Crippen molar-refractivity contribution in [2.75, 3.05) is 13.2 Å². The quantitative estimate of drug-likeness (QED) is 0.219. The SMILES string of the molecule is CC(C)(C)c1ccc(OCCOc2ccccc2/C=C2\SC(=O)N(Cc3ccc(F)cc3Cl)C2=O)cc1. The summed E-state index contributed by atoms with van der Waals surface area (Å²) in [5.74, 6) is 0.415. The molecule has 37 heavy (non-hydrogen) atoms. The lowest BCUT2D eigenvalue weighted by Gasteiger charge is -2.19. The van der Waals surface area contributed by atoms with Crippen molar-refractivity contribution < 1.29 is 23.5 Å². The van der Waals surface area contributed by atoms with Gasteiger partial charge in [0.25, 0.3) is 11.1 Å². The first kappa shape index (κ1) is 26.8. The maximum Gasteiger partial charge on any atom is 0.293 e. The third-order valence-corrected chi connectivity index (χ3v) is 7.01. The summed E-state index contributed by atoms with van der Waals surface area (Å²) < 4.78 is 25.1. The molecule has 192 valence electrons. The molecule has 1 aliphatic rings. The van der Waals surface area contributed by atoms with E-state index in [1.807, 2.05) is 30.3 Å². The summed E-state index contributed by atoms with van der Waals surface area (Å²) in [6, 6.07) is 19.2. The van der Waals surface area contributed by atoms with E-state index in [1.165, 1.54) is 17.7 Å². The lowest BCUT2D eigenvalue weighted by Crippen LogP contribution is -2.27. The van der Waals surface area contributed by atoms with E-state index in [4.69, 9.17) is 21.1 Å². The molecule has 1 saturated heterocycles. The van der Waals surface area contributed by atoms with Crippen LogP contribution in [-0.2, 0) is 16.8 Å². The standard InChI is InChI=1S/C29H27ClFNO4S/c1-29(2,3)21-9-12-23(13-10-21)35-14-15-36-25-7-5-4-6-19(25)16-26-27(33)32(28(34)37-26)18-20-8-11-22(31)17-24(20)30/h4-13,16-17H,14-15,18H2,1-3H3/b26-16-. The Kier molecular flexibility index (Phi) is 8.25. The zero-order valence-electron chi connectivity index (χ0n) is 20.8. The van der Waals surface area contributed by atoms with E-state index in [9.17, 15) is 14.0 Å². The summed E-state index contributed by atoms with van der Waals surface area (Å²) in [6.45, 7) is 7.10. The van der Waals surface area contributed by atoms with E-state index in [0.29, 0.717) is 30.1 Å². The number of rotatable bonds is 8. The fraction of sp³-hybridized carbons (Fsp3) is 0.241. The molecule has 1 fully saturated rings. The lowest BCUT2D eigenvalue weighted by atomic mass is 9.87. The van der Waals surface area contributed by atoms with Gasteiger partial charge < -0.3 is 9.47 Å². The van der Waals surface area contributed by atoms with Crippen molar-refractivity contribution in [1.29, 1.82) is 0 Å². The molecule has 5 nitrogen and oxygen atoms in total. The smallest absolute Gasteiger partial charge is 0.293 e. The van der Waals surface area contributed by atoms with Gasteiger partial charge in [-0.1, -0.05) is 68.8 Å². The molecule has 2 amide bonds. The summed E-state index contributed by atoms with van der Waals surface area (Å²) in [7, 11) is 0. The minimum atomic E-state index is -0.483. The molecule has 0 bridgehead atoms. The molecular formula is C29H27ClFNO4S. The largest absolute Gasteiger partial charge is 0.490 e. The predicted octanol–water partition coefficient (Wildman–Crippen LogP) is 7.47. The molecule has 1 aliphatic heterocycles. The molecule has 0 spiro atoms. The third kappa shape index (κ3) is 6.73. The molecule has 3 aromatic rings. The highest BCUT2D eigenvalue weighted by Crippen LogP contribution is 2.35. The van der Waals surface area contributed by atoms with Gasteiger partial charge >= 0.3 is 0 Å². The third-order valence-electron chi connectivity index (χ3n) is 5.75. The average molecular weight is 540 g/mol. The van der Waals surface area contributed by atoms with Gasteiger partial charge in [-0.25, -0.2) is 4.39 Å². The normalized spacial score (nSPS) is 14.9. The second-order valence-corrected chi connectivity index (χ2v) is 10.9. The zero-order valence-corrected chi connectivity index (χ0v) is 22.4. The molecule has 0 aromatic heterocycles. The van der Waals surface area contributed by atoms with Crippen molar-refractivity contribution in [3.8, 4) is 11.5 Å². The molecule has 0 aliphatic carbocycles. The van der Waals surface area contributed by atoms with Crippen molar-refractivity contribution in [3.63, 3.8) is 0 Å². The van der Waals surface area contributed by atoms with E-state index < -0.39 is 17.0 Å². The molecular weight excluding hydrogens is 513 g/mol. The van der Waals surface area contributed by atoms with Gasteiger partial charge in [0, 0.05) is 10.6 Å². The Labute approximate surface area is 225 Å². The van der Waals surface area contributed by atoms with Crippen LogP contribution in [0.4, 0.5) is 9.18 Å². The van der Waals surface area contributed by atoms with Crippen LogP contribution in [0.5, 0.6) is 11.5 Å². The number of carbonyl (C=O) groups excluding carboxylic acids is 2. The Bertz CT molecular complexity index is 1330. The lowest BCUT2D eigenvalue weighted by molar-refractivity contribution is -0.123. The fourth-order valence-corrected chi connectivity index (χ4v) is 4.75. The van der Waals surface area contributed by atoms with Crippen molar-refractivity contribution in [3.05, 3.63) is 99.2 Å². The van der Waals surface area contributed by atoms with Gasteiger partial charge in [-0.05, 0) is 64.7 Å². The maximum atomic E-state index is 13.3. The van der Waals surface area contributed by atoms with Crippen molar-refractivity contribution in [2.24, 2.45) is 0 Å². The van der Waals surface area contributed by atoms with E-state index in [1.54, 1.807) is 12.1 Å². The van der Waals surface area contributed by atoms with Crippen LogP contribution in [0.15, 0.2) is 71.6 Å². The number of halogens is 2. The molecule has 4 rings (SSSR count). The number of thioether (sulfide) groups is 1. The first-order valence-electron chi connectivity index (χ1n) is 11.8. The number of ether oxygens (including phenoxy) is 2. The number of nitrogens with zero attached hydrogens (tertiary/aromatic N) is 1. The van der Waals surface area contributed by atoms with Gasteiger partial charge in [-0.3, -0.25) is 14.5 Å². The summed E-state index contributed by atoms with van der Waals surface area (Å²) in [4.78, 5) is 26.9. The number of imide groups is 1. The van der Waals surface area contributed by atoms with Crippen LogP contribution in [0.25, 0.3) is 6.08 Å². The molecule has 8 heteroatoms. The van der Waals surface area contributed by atoms with Crippen LogP contribution in [0.3, 0.4) is 0 Å². The second kappa shape index (κ2) is 11.4. The molecule has 1 heterocycles. The number of para-hydroxylation sites is 1. The summed E-state index contributed by atoms with van der Waals surface area (Å²) in [5, 5.41) is -0.255. The number of hydrogen-bond acceptors (Lipinski definition) is 5. The molecule has 0 radical (unpaired) electrons. The van der Waals surface area contributed by atoms with Crippen LogP contribution in [0.1, 0.15) is 37.5 Å². The van der Waals surface area contributed by atoms with Crippen LogP contribution in [0, 0.1) is 5.82 Å². The molecule has 3 aromatic carbocycles. The van der Waals surface area contributed by atoms with Crippen LogP contribution in [-0.4, -0.2) is 29.3 Å². The topological polar surface area (TPSA) is 55.8 Å². The molecule has 0 unspecified atom stereocenters. The Morgan fingerprint density at radius 1 is 0.973 bits per heavy atom. The fourth-order valence-electron chi connectivity index (χ4n) is 3.69. The number of amides is 2. The Morgan fingerprint density at radius 3 is 2.38 bits per heavy atom. The highest BCUT2D eigenvalue weighted by atomic mass is 35.5. The number of hydrogen-bond donors (Lipinski definition) is 0. The van der Waals surface area contributed by atoms with Gasteiger partial charge in [0.2, 0.25) is 0 Å². The predicted molar refractivity (Wildman–Crippen MR) is 145 cm³/mol.